The minimum Gasteiger partial charge on any atom is -0.368 e. The van der Waals surface area contributed by atoms with E-state index in [1.54, 1.807) is 0 Å². The summed E-state index contributed by atoms with van der Waals surface area (Å²) in [7, 11) is 2.06. The fourth-order valence-corrected chi connectivity index (χ4v) is 1.69. The second-order valence-electron chi connectivity index (χ2n) is 3.52. The highest BCUT2D eigenvalue weighted by Gasteiger charge is 2.24. The Morgan fingerprint density at radius 3 is 2.83 bits per heavy atom. The molecule has 0 aromatic rings. The second-order valence-corrected chi connectivity index (χ2v) is 3.52. The van der Waals surface area contributed by atoms with Crippen molar-refractivity contribution in [3.8, 4) is 0 Å². The Morgan fingerprint density at radius 1 is 1.75 bits per heavy atom. The monoisotopic (exact) mass is 171 g/mol. The number of amides is 1. The van der Waals surface area contributed by atoms with E-state index in [9.17, 15) is 4.79 Å². The van der Waals surface area contributed by atoms with Gasteiger partial charge >= 0.3 is 0 Å². The van der Waals surface area contributed by atoms with Crippen LogP contribution in [-0.2, 0) is 4.79 Å². The van der Waals surface area contributed by atoms with Crippen molar-refractivity contribution in [3.63, 3.8) is 0 Å². The van der Waals surface area contributed by atoms with E-state index in [2.05, 4.69) is 11.9 Å². The first kappa shape index (κ1) is 9.48. The highest BCUT2D eigenvalue weighted by molar-refractivity contribution is 5.79. The molecular weight excluding hydrogens is 154 g/mol. The molecule has 0 aromatic heterocycles. The third kappa shape index (κ3) is 2.19. The fourth-order valence-electron chi connectivity index (χ4n) is 1.69. The van der Waals surface area contributed by atoms with Gasteiger partial charge in [0.05, 0.1) is 6.04 Å². The van der Waals surface area contributed by atoms with Crippen LogP contribution >= 0.6 is 0 Å². The number of carbonyl (C=O) groups excluding carboxylic acids is 1. The Hall–Kier alpha value is -0.610. The molecule has 1 amide bonds. The van der Waals surface area contributed by atoms with Crippen LogP contribution in [0.4, 0.5) is 0 Å². The molecule has 1 saturated heterocycles. The molecule has 1 fully saturated rings. The maximum atomic E-state index is 10.7. The molecule has 0 bridgehead atoms. The van der Waals surface area contributed by atoms with Gasteiger partial charge in [-0.2, -0.15) is 0 Å². The highest BCUT2D eigenvalue weighted by atomic mass is 16.1. The Bertz CT molecular complexity index is 172. The molecule has 12 heavy (non-hydrogen) atoms. The Kier molecular flexibility index (Phi) is 3.05. The van der Waals surface area contributed by atoms with E-state index >= 15 is 0 Å². The number of nitrogens with two attached hydrogens (primary N) is 2. The van der Waals surface area contributed by atoms with E-state index in [0.29, 0.717) is 12.5 Å². The van der Waals surface area contributed by atoms with Crippen LogP contribution in [0, 0.1) is 0 Å². The summed E-state index contributed by atoms with van der Waals surface area (Å²) < 4.78 is 0. The van der Waals surface area contributed by atoms with Crippen molar-refractivity contribution in [1.82, 2.24) is 4.90 Å². The molecule has 0 radical (unpaired) electrons. The molecule has 70 valence electrons. The SMILES string of the molecule is CN1CCCC1CC(N)C(N)=O. The average molecular weight is 171 g/mol. The van der Waals surface area contributed by atoms with Gasteiger partial charge in [0.15, 0.2) is 0 Å². The van der Waals surface area contributed by atoms with Crippen molar-refractivity contribution in [2.45, 2.75) is 31.3 Å². The van der Waals surface area contributed by atoms with Crippen molar-refractivity contribution in [1.29, 1.82) is 0 Å². The van der Waals surface area contributed by atoms with E-state index in [-0.39, 0.29) is 0 Å². The zero-order valence-corrected chi connectivity index (χ0v) is 7.49. The Balaban J connectivity index is 2.35. The summed E-state index contributed by atoms with van der Waals surface area (Å²) in [6.45, 7) is 1.11. The van der Waals surface area contributed by atoms with E-state index < -0.39 is 11.9 Å². The minimum atomic E-state index is -0.476. The van der Waals surface area contributed by atoms with E-state index in [4.69, 9.17) is 11.5 Å². The normalized spacial score (nSPS) is 27.3. The molecule has 2 atom stereocenters. The smallest absolute Gasteiger partial charge is 0.234 e. The highest BCUT2D eigenvalue weighted by Crippen LogP contribution is 2.18. The molecule has 0 saturated carbocycles. The predicted octanol–water partition coefficient (Wildman–Crippen LogP) is -0.717. The summed E-state index contributed by atoms with van der Waals surface area (Å²) in [4.78, 5) is 12.9. The van der Waals surface area contributed by atoms with Crippen LogP contribution in [0.25, 0.3) is 0 Å². The van der Waals surface area contributed by atoms with Gasteiger partial charge in [-0.1, -0.05) is 0 Å². The molecule has 0 aromatic carbocycles. The lowest BCUT2D eigenvalue weighted by atomic mass is 10.1. The fraction of sp³-hybridized carbons (Fsp3) is 0.875. The topological polar surface area (TPSA) is 72.3 Å². The van der Waals surface area contributed by atoms with Gasteiger partial charge in [0.1, 0.15) is 0 Å². The van der Waals surface area contributed by atoms with Crippen LogP contribution in [0.1, 0.15) is 19.3 Å². The average Bonchev–Trinajstić information content (AvgIpc) is 2.36. The molecule has 1 rings (SSSR count). The zero-order chi connectivity index (χ0) is 9.14. The summed E-state index contributed by atoms with van der Waals surface area (Å²) in [5.41, 5.74) is 10.6. The lowest BCUT2D eigenvalue weighted by Crippen LogP contribution is -2.41. The molecule has 4 N–H and O–H groups in total. The first-order valence-electron chi connectivity index (χ1n) is 4.36. The largest absolute Gasteiger partial charge is 0.368 e. The molecule has 0 aliphatic carbocycles. The summed E-state index contributed by atoms with van der Waals surface area (Å²) in [5.74, 6) is -0.393. The summed E-state index contributed by atoms with van der Waals surface area (Å²) in [5, 5.41) is 0. The van der Waals surface area contributed by atoms with Crippen molar-refractivity contribution >= 4 is 5.91 Å². The Morgan fingerprint density at radius 2 is 2.42 bits per heavy atom. The number of hydrogen-bond donors (Lipinski definition) is 2. The van der Waals surface area contributed by atoms with Crippen LogP contribution in [-0.4, -0.2) is 36.5 Å². The van der Waals surface area contributed by atoms with Gasteiger partial charge in [-0.05, 0) is 32.9 Å². The first-order chi connectivity index (χ1) is 5.61. The maximum Gasteiger partial charge on any atom is 0.234 e. The van der Waals surface area contributed by atoms with Crippen molar-refractivity contribution < 1.29 is 4.79 Å². The molecule has 1 aliphatic rings. The van der Waals surface area contributed by atoms with Crippen molar-refractivity contribution in [2.24, 2.45) is 11.5 Å². The summed E-state index contributed by atoms with van der Waals surface area (Å²) in [6, 6.07) is -0.0250. The summed E-state index contributed by atoms with van der Waals surface area (Å²) >= 11 is 0. The molecule has 2 unspecified atom stereocenters. The van der Waals surface area contributed by atoms with Crippen LogP contribution in [0.5, 0.6) is 0 Å². The third-order valence-corrected chi connectivity index (χ3v) is 2.56. The molecule has 1 heterocycles. The zero-order valence-electron chi connectivity index (χ0n) is 7.49. The summed E-state index contributed by atoms with van der Waals surface area (Å²) in [6.07, 6.45) is 3.04. The van der Waals surface area contributed by atoms with Crippen LogP contribution < -0.4 is 11.5 Å². The third-order valence-electron chi connectivity index (χ3n) is 2.56. The molecule has 0 spiro atoms. The van der Waals surface area contributed by atoms with Crippen LogP contribution in [0.15, 0.2) is 0 Å². The van der Waals surface area contributed by atoms with Crippen molar-refractivity contribution in [3.05, 3.63) is 0 Å². The van der Waals surface area contributed by atoms with Crippen LogP contribution in [0.2, 0.25) is 0 Å². The number of primary amides is 1. The van der Waals surface area contributed by atoms with Gasteiger partial charge in [0.2, 0.25) is 5.91 Å². The number of hydrogen-bond acceptors (Lipinski definition) is 3. The maximum absolute atomic E-state index is 10.7. The van der Waals surface area contributed by atoms with Gasteiger partial charge < -0.3 is 16.4 Å². The van der Waals surface area contributed by atoms with E-state index in [1.165, 1.54) is 6.42 Å². The molecule has 4 heteroatoms. The number of carbonyl (C=O) groups is 1. The predicted molar refractivity (Wildman–Crippen MR) is 47.4 cm³/mol. The second kappa shape index (κ2) is 3.87. The minimum absolute atomic E-state index is 0.393. The van der Waals surface area contributed by atoms with Gasteiger partial charge in [-0.25, -0.2) is 0 Å². The molecular formula is C8H17N3O. The van der Waals surface area contributed by atoms with Gasteiger partial charge in [-0.15, -0.1) is 0 Å². The first-order valence-corrected chi connectivity index (χ1v) is 4.36. The number of likely N-dealkylation sites (tertiary alicyclic amines) is 1. The quantitative estimate of drug-likeness (QED) is 0.589. The number of nitrogens with zero attached hydrogens (tertiary/aromatic N) is 1. The molecule has 1 aliphatic heterocycles. The van der Waals surface area contributed by atoms with Gasteiger partial charge in [0.25, 0.3) is 0 Å². The Labute approximate surface area is 72.9 Å². The van der Waals surface area contributed by atoms with Crippen LogP contribution in [0.3, 0.4) is 0 Å². The lowest BCUT2D eigenvalue weighted by Gasteiger charge is -2.21. The van der Waals surface area contributed by atoms with Gasteiger partial charge in [0, 0.05) is 6.04 Å². The molecule has 4 nitrogen and oxygen atoms in total. The standard InChI is InChI=1S/C8H17N3O/c1-11-4-2-3-6(11)5-7(9)8(10)12/h6-7H,2-5,9H2,1H3,(H2,10,12). The lowest BCUT2D eigenvalue weighted by molar-refractivity contribution is -0.119. The number of rotatable bonds is 3. The van der Waals surface area contributed by atoms with E-state index in [1.807, 2.05) is 0 Å². The van der Waals surface area contributed by atoms with Gasteiger partial charge in [-0.3, -0.25) is 4.79 Å². The van der Waals surface area contributed by atoms with E-state index in [0.717, 1.165) is 13.0 Å². The van der Waals surface area contributed by atoms with Crippen molar-refractivity contribution in [2.75, 3.05) is 13.6 Å².